The summed E-state index contributed by atoms with van der Waals surface area (Å²) in [6, 6.07) is 16.4. The number of urea groups is 1. The number of amides is 5. The molecule has 1 N–H and O–H groups in total. The number of benzene rings is 2. The number of ether oxygens (including phenoxy) is 1. The van der Waals surface area contributed by atoms with E-state index < -0.39 is 10.9 Å². The molecule has 4 heterocycles. The lowest BCUT2D eigenvalue weighted by Gasteiger charge is -2.38. The maximum absolute atomic E-state index is 14.2. The molecule has 5 amide bonds. The van der Waals surface area contributed by atoms with E-state index in [0.29, 0.717) is 39.3 Å². The van der Waals surface area contributed by atoms with Gasteiger partial charge in [-0.05, 0) is 93.4 Å². The number of anilines is 1. The van der Waals surface area contributed by atoms with Gasteiger partial charge in [0.15, 0.2) is 0 Å². The Morgan fingerprint density at radius 3 is 2.13 bits per heavy atom. The van der Waals surface area contributed by atoms with Crippen molar-refractivity contribution in [2.75, 3.05) is 44.6 Å². The van der Waals surface area contributed by atoms with E-state index in [1.807, 2.05) is 59.7 Å². The Bertz CT molecular complexity index is 1620. The Morgan fingerprint density at radius 1 is 0.827 bits per heavy atom. The molecule has 282 valence electrons. The highest BCUT2D eigenvalue weighted by Gasteiger charge is 2.44. The normalized spacial score (nSPS) is 22.3. The van der Waals surface area contributed by atoms with Crippen LogP contribution in [-0.4, -0.2) is 99.7 Å². The SMILES string of the molecule is CC(C)(C)CCN1C(=O)[C@H](CC(=O)N2CCC(N3CCc4ccccc4NC3=O)CC2)SC1c1ccccc1C1CCN(C(=O)OC(C)(C)C)CC1. The van der Waals surface area contributed by atoms with Gasteiger partial charge >= 0.3 is 12.1 Å². The van der Waals surface area contributed by atoms with Gasteiger partial charge in [0.25, 0.3) is 0 Å². The Morgan fingerprint density at radius 2 is 1.46 bits per heavy atom. The van der Waals surface area contributed by atoms with Gasteiger partial charge < -0.3 is 29.7 Å². The van der Waals surface area contributed by atoms with Gasteiger partial charge in [-0.25, -0.2) is 9.59 Å². The number of likely N-dealkylation sites (tertiary alicyclic amines) is 2. The number of hydrogen-bond donors (Lipinski definition) is 1. The second-order valence-electron chi connectivity index (χ2n) is 17.0. The first-order valence-electron chi connectivity index (χ1n) is 19.1. The standard InChI is InChI=1S/C41H57N5O5S/c1-40(2,3)20-26-46-36(48)34(27-35(47)43-23-18-30(19-24-43)45-25-17-29-11-7-10-14-33(29)42-38(45)49)52-37(46)32-13-9-8-12-31(32)28-15-21-44(22-16-28)39(50)51-41(4,5)6/h7-14,28,30,34,37H,15-27H2,1-6H3,(H,42,49)/t34-,37?/m0/s1. The summed E-state index contributed by atoms with van der Waals surface area (Å²) in [5, 5.41) is 2.45. The summed E-state index contributed by atoms with van der Waals surface area (Å²) < 4.78 is 5.63. The summed E-state index contributed by atoms with van der Waals surface area (Å²) >= 11 is 1.62. The van der Waals surface area contributed by atoms with Crippen LogP contribution in [0.1, 0.15) is 108 Å². The molecular formula is C41H57N5O5S. The monoisotopic (exact) mass is 731 g/mol. The van der Waals surface area contributed by atoms with Crippen molar-refractivity contribution in [3.05, 3.63) is 65.2 Å². The minimum atomic E-state index is -0.532. The van der Waals surface area contributed by atoms with Gasteiger partial charge in [0, 0.05) is 57.4 Å². The molecule has 3 fully saturated rings. The Labute approximate surface area is 314 Å². The number of thioether (sulfide) groups is 1. The Balaban J connectivity index is 1.10. The second-order valence-corrected chi connectivity index (χ2v) is 18.3. The van der Waals surface area contributed by atoms with Crippen LogP contribution in [0.5, 0.6) is 0 Å². The lowest BCUT2D eigenvalue weighted by atomic mass is 9.86. The average Bonchev–Trinajstić information content (AvgIpc) is 3.29. The van der Waals surface area contributed by atoms with Gasteiger partial charge in [-0.15, -0.1) is 11.8 Å². The topological polar surface area (TPSA) is 103 Å². The van der Waals surface area contributed by atoms with Crippen molar-refractivity contribution in [3.8, 4) is 0 Å². The molecule has 2 atom stereocenters. The molecule has 10 nitrogen and oxygen atoms in total. The van der Waals surface area contributed by atoms with Crippen LogP contribution in [-0.2, 0) is 20.7 Å². The molecule has 0 aromatic heterocycles. The summed E-state index contributed by atoms with van der Waals surface area (Å²) in [4.78, 5) is 61.6. The zero-order valence-corrected chi connectivity index (χ0v) is 32.7. The smallest absolute Gasteiger partial charge is 0.410 e. The van der Waals surface area contributed by atoms with Gasteiger partial charge in [-0.1, -0.05) is 63.2 Å². The first-order valence-corrected chi connectivity index (χ1v) is 20.1. The third kappa shape index (κ3) is 9.07. The quantitative estimate of drug-likeness (QED) is 0.314. The third-order valence-electron chi connectivity index (χ3n) is 10.8. The van der Waals surface area contributed by atoms with Gasteiger partial charge in [0.1, 0.15) is 11.0 Å². The van der Waals surface area contributed by atoms with Crippen molar-refractivity contribution in [1.82, 2.24) is 19.6 Å². The van der Waals surface area contributed by atoms with Crippen molar-refractivity contribution in [3.63, 3.8) is 0 Å². The number of nitrogens with zero attached hydrogens (tertiary/aromatic N) is 4. The van der Waals surface area contributed by atoms with E-state index in [-0.39, 0.29) is 53.1 Å². The lowest BCUT2D eigenvalue weighted by Crippen LogP contribution is -2.50. The predicted octanol–water partition coefficient (Wildman–Crippen LogP) is 7.65. The third-order valence-corrected chi connectivity index (χ3v) is 12.3. The zero-order chi connectivity index (χ0) is 37.2. The molecule has 52 heavy (non-hydrogen) atoms. The lowest BCUT2D eigenvalue weighted by molar-refractivity contribution is -0.137. The van der Waals surface area contributed by atoms with Crippen LogP contribution in [0, 0.1) is 5.41 Å². The molecule has 6 rings (SSSR count). The number of rotatable bonds is 7. The molecule has 11 heteroatoms. The number of para-hydroxylation sites is 1. The highest BCUT2D eigenvalue weighted by Crippen LogP contribution is 2.48. The molecule has 4 aliphatic heterocycles. The number of fused-ring (bicyclic) bond motifs is 1. The predicted molar refractivity (Wildman–Crippen MR) is 206 cm³/mol. The fraction of sp³-hybridized carbons (Fsp3) is 0.610. The summed E-state index contributed by atoms with van der Waals surface area (Å²) in [7, 11) is 0. The average molecular weight is 732 g/mol. The van der Waals surface area contributed by atoms with Gasteiger partial charge in [-0.3, -0.25) is 9.59 Å². The number of carbonyl (C=O) groups excluding carboxylic acids is 4. The number of nitrogens with one attached hydrogen (secondary N) is 1. The van der Waals surface area contributed by atoms with E-state index in [1.165, 1.54) is 5.56 Å². The van der Waals surface area contributed by atoms with E-state index in [9.17, 15) is 19.2 Å². The molecule has 3 saturated heterocycles. The first-order chi connectivity index (χ1) is 24.7. The summed E-state index contributed by atoms with van der Waals surface area (Å²) in [5.41, 5.74) is 3.91. The second kappa shape index (κ2) is 15.7. The van der Waals surface area contributed by atoms with Crippen LogP contribution in [0.25, 0.3) is 0 Å². The van der Waals surface area contributed by atoms with Crippen LogP contribution >= 0.6 is 11.8 Å². The number of piperidine rings is 2. The molecule has 1 unspecified atom stereocenters. The van der Waals surface area contributed by atoms with E-state index in [0.717, 1.165) is 55.3 Å². The first kappa shape index (κ1) is 38.0. The number of hydrogen-bond acceptors (Lipinski definition) is 6. The van der Waals surface area contributed by atoms with Crippen molar-refractivity contribution < 1.29 is 23.9 Å². The molecule has 0 radical (unpaired) electrons. The Kier molecular flexibility index (Phi) is 11.5. The molecule has 2 aromatic rings. The van der Waals surface area contributed by atoms with E-state index in [4.69, 9.17) is 4.74 Å². The minimum Gasteiger partial charge on any atom is -0.444 e. The molecule has 2 aromatic carbocycles. The van der Waals surface area contributed by atoms with Crippen LogP contribution in [0.3, 0.4) is 0 Å². The largest absolute Gasteiger partial charge is 0.444 e. The zero-order valence-electron chi connectivity index (χ0n) is 31.9. The maximum Gasteiger partial charge on any atom is 0.410 e. The van der Waals surface area contributed by atoms with Crippen LogP contribution in [0.4, 0.5) is 15.3 Å². The fourth-order valence-electron chi connectivity index (χ4n) is 7.91. The van der Waals surface area contributed by atoms with Crippen LogP contribution in [0.2, 0.25) is 0 Å². The summed E-state index contributed by atoms with van der Waals surface area (Å²) in [6.45, 7) is 15.9. The highest BCUT2D eigenvalue weighted by atomic mass is 32.2. The summed E-state index contributed by atoms with van der Waals surface area (Å²) in [5.74, 6) is 0.312. The van der Waals surface area contributed by atoms with Crippen molar-refractivity contribution in [2.24, 2.45) is 5.41 Å². The Hall–Kier alpha value is -3.73. The molecule has 0 aliphatic carbocycles. The van der Waals surface area contributed by atoms with E-state index in [2.05, 4.69) is 50.4 Å². The number of carbonyl (C=O) groups is 4. The maximum atomic E-state index is 14.2. The molecule has 0 bridgehead atoms. The van der Waals surface area contributed by atoms with Crippen LogP contribution in [0.15, 0.2) is 48.5 Å². The molecule has 0 spiro atoms. The van der Waals surface area contributed by atoms with Crippen LogP contribution < -0.4 is 5.32 Å². The minimum absolute atomic E-state index is 0.0104. The van der Waals surface area contributed by atoms with Crippen molar-refractivity contribution in [1.29, 1.82) is 0 Å². The highest BCUT2D eigenvalue weighted by molar-refractivity contribution is 8.01. The molecule has 4 aliphatic rings. The fourth-order valence-corrected chi connectivity index (χ4v) is 9.43. The van der Waals surface area contributed by atoms with E-state index in [1.54, 1.807) is 16.7 Å². The van der Waals surface area contributed by atoms with Gasteiger partial charge in [0.05, 0.1) is 5.25 Å². The molecule has 0 saturated carbocycles. The van der Waals surface area contributed by atoms with E-state index >= 15 is 0 Å². The van der Waals surface area contributed by atoms with Gasteiger partial charge in [0.2, 0.25) is 11.8 Å². The van der Waals surface area contributed by atoms with Gasteiger partial charge in [-0.2, -0.15) is 0 Å². The van der Waals surface area contributed by atoms with Crippen molar-refractivity contribution >= 4 is 41.4 Å². The molecular weight excluding hydrogens is 675 g/mol. The summed E-state index contributed by atoms with van der Waals surface area (Å²) in [6.07, 6.45) is 4.67. The van der Waals surface area contributed by atoms with Crippen molar-refractivity contribution in [2.45, 2.75) is 115 Å².